The van der Waals surface area contributed by atoms with Gasteiger partial charge in [-0.1, -0.05) is 15.5 Å². The highest BCUT2D eigenvalue weighted by Gasteiger charge is 2.29. The summed E-state index contributed by atoms with van der Waals surface area (Å²) < 4.78 is 58.5. The molecule has 0 atom stereocenters. The third-order valence-electron chi connectivity index (χ3n) is 19.8. The minimum absolute atomic E-state index is 0. The number of piperidine rings is 3. The molecule has 3 aromatic heterocycles. The van der Waals surface area contributed by atoms with Crippen LogP contribution in [0.3, 0.4) is 0 Å². The normalized spacial score (nSPS) is 16.6. The number of nitrogens with zero attached hydrogens (tertiary/aromatic N) is 11. The maximum atomic E-state index is 9.05. The Kier molecular flexibility index (Phi) is 29.2. The van der Waals surface area contributed by atoms with Crippen molar-refractivity contribution in [3.8, 4) is 52.7 Å². The largest absolute Gasteiger partial charge is 0.457 e. The van der Waals surface area contributed by atoms with E-state index in [2.05, 4.69) is 81.7 Å². The van der Waals surface area contributed by atoms with Gasteiger partial charge in [-0.05, 0) is 286 Å². The van der Waals surface area contributed by atoms with Gasteiger partial charge < -0.3 is 66.7 Å². The zero-order valence-electron chi connectivity index (χ0n) is 60.7. The fourth-order valence-electron chi connectivity index (χ4n) is 14.2. The highest BCUT2D eigenvalue weighted by Crippen LogP contribution is 2.39. The van der Waals surface area contributed by atoms with Gasteiger partial charge in [-0.3, -0.25) is 9.80 Å². The molecule has 552 valence electrons. The van der Waals surface area contributed by atoms with Crippen molar-refractivity contribution in [1.29, 1.82) is 15.8 Å². The molecule has 0 radical (unpaired) electrons. The van der Waals surface area contributed by atoms with Gasteiger partial charge in [0.2, 0.25) is 0 Å². The molecule has 0 unspecified atom stereocenters. The molecule has 5 aliphatic heterocycles. The lowest BCUT2D eigenvalue weighted by atomic mass is 9.91. The van der Waals surface area contributed by atoms with Gasteiger partial charge in [0.25, 0.3) is 0 Å². The summed E-state index contributed by atoms with van der Waals surface area (Å²) in [5.41, 5.74) is 10.2. The maximum absolute atomic E-state index is 9.05. The molecule has 22 nitrogen and oxygen atoms in total. The van der Waals surface area contributed by atoms with E-state index in [1.165, 1.54) is 38.5 Å². The molecule has 0 aliphatic carbocycles. The number of nitriles is 3. The third kappa shape index (κ3) is 21.3. The third-order valence-corrected chi connectivity index (χ3v) is 19.8. The van der Waals surface area contributed by atoms with Crippen LogP contribution in [-0.4, -0.2) is 174 Å². The summed E-state index contributed by atoms with van der Waals surface area (Å²) in [5.74, 6) is 6.45. The molecule has 104 heavy (non-hydrogen) atoms. The van der Waals surface area contributed by atoms with Gasteiger partial charge in [-0.25, -0.2) is 0 Å². The van der Waals surface area contributed by atoms with Crippen LogP contribution in [-0.2, 0) is 57.8 Å². The van der Waals surface area contributed by atoms with Crippen molar-refractivity contribution in [2.75, 3.05) is 121 Å². The SMILES string of the molecule is CN(C)Cc1c(Oc2ccc(C#N)cc2)ccc2c(CCC3CCN(CC4OCCO4)CC3)noc12.CN(C)Cc1c(Oc2ccc(C#N)cc2)ccc2c(CCC3CCN(CC4OCCO4)CC3)noc12.CN(C)Cc1c(Oc2ccc(C#N)cc2)ccc2c(CCC3CCNCC3)noc12.Cl.Cl. The number of hydrogen-bond donors (Lipinski definition) is 1. The topological polar surface area (TPSA) is 242 Å². The van der Waals surface area contributed by atoms with Crippen LogP contribution in [0.1, 0.15) is 108 Å². The molecule has 14 rings (SSSR count). The standard InChI is InChI=1S/2C28H34N4O4.C24H28N4O2.2ClH/c2*1-31(2)18-24-26(35-22-6-3-21(17-29)4-7-22)10-8-23-25(30-36-28(23)24)9-5-20-11-13-32(14-12-20)19-27-33-15-16-34-27;1-28(2)16-21-23(29-19-6-3-18(15-25)4-7-19)10-8-20-22(27-30-24(20)21)9-5-17-11-13-26-14-12-17;;/h2*3-4,6-8,10,20,27H,5,9,11-16,18-19H2,1-2H3;3-4,6-8,10,17,26H,5,9,11-14,16H2,1-2H3;2*1H. The number of nitrogens with one attached hydrogen (secondary N) is 1. The fourth-order valence-corrected chi connectivity index (χ4v) is 14.2. The number of likely N-dealkylation sites (tertiary alicyclic amines) is 2. The second kappa shape index (κ2) is 38.7. The van der Waals surface area contributed by atoms with Crippen molar-refractivity contribution in [2.24, 2.45) is 17.8 Å². The van der Waals surface area contributed by atoms with Crippen LogP contribution in [0.15, 0.2) is 123 Å². The number of hydrogen-bond acceptors (Lipinski definition) is 22. The number of halogens is 2. The van der Waals surface area contributed by atoms with Gasteiger partial charge in [0.05, 0.1) is 95.1 Å². The van der Waals surface area contributed by atoms with Crippen molar-refractivity contribution < 1.29 is 46.7 Å². The van der Waals surface area contributed by atoms with Gasteiger partial charge in [0.15, 0.2) is 29.3 Å². The average Bonchev–Trinajstić information content (AvgIpc) is 1.59. The Labute approximate surface area is 622 Å². The van der Waals surface area contributed by atoms with Gasteiger partial charge in [-0.15, -0.1) is 24.8 Å². The lowest BCUT2D eigenvalue weighted by Crippen LogP contribution is -2.39. The molecule has 5 fully saturated rings. The number of aromatic nitrogens is 3. The first-order chi connectivity index (χ1) is 49.8. The predicted octanol–water partition coefficient (Wildman–Crippen LogP) is 14.5. The van der Waals surface area contributed by atoms with Crippen LogP contribution in [0.25, 0.3) is 32.9 Å². The number of benzene rings is 6. The highest BCUT2D eigenvalue weighted by atomic mass is 35.5. The Bertz CT molecular complexity index is 4090. The molecule has 0 amide bonds. The lowest BCUT2D eigenvalue weighted by Gasteiger charge is -2.32. The van der Waals surface area contributed by atoms with Crippen LogP contribution >= 0.6 is 24.8 Å². The second-order valence-electron chi connectivity index (χ2n) is 28.2. The van der Waals surface area contributed by atoms with Crippen LogP contribution in [0.2, 0.25) is 0 Å². The Hall–Kier alpha value is -8.22. The van der Waals surface area contributed by atoms with E-state index in [1.807, 2.05) is 96.9 Å². The first kappa shape index (κ1) is 78.4. The molecule has 24 heteroatoms. The molecule has 0 bridgehead atoms. The Balaban J connectivity index is 0.000000167. The van der Waals surface area contributed by atoms with Crippen molar-refractivity contribution in [1.82, 2.24) is 45.3 Å². The smallest absolute Gasteiger partial charge is 0.175 e. The summed E-state index contributed by atoms with van der Waals surface area (Å²) in [4.78, 5) is 11.2. The van der Waals surface area contributed by atoms with E-state index in [-0.39, 0.29) is 37.4 Å². The van der Waals surface area contributed by atoms with Crippen molar-refractivity contribution in [3.05, 3.63) is 160 Å². The summed E-state index contributed by atoms with van der Waals surface area (Å²) in [5, 5.41) is 47.1. The van der Waals surface area contributed by atoms with E-state index in [0.29, 0.717) is 91.8 Å². The van der Waals surface area contributed by atoms with E-state index in [9.17, 15) is 0 Å². The summed E-state index contributed by atoms with van der Waals surface area (Å²) in [7, 11) is 12.2. The van der Waals surface area contributed by atoms with E-state index < -0.39 is 0 Å². The number of fused-ring (bicyclic) bond motifs is 3. The van der Waals surface area contributed by atoms with Crippen LogP contribution < -0.4 is 19.5 Å². The second-order valence-corrected chi connectivity index (χ2v) is 28.2. The number of rotatable bonds is 25. The Morgan fingerprint density at radius 3 is 0.981 bits per heavy atom. The Morgan fingerprint density at radius 1 is 0.413 bits per heavy atom. The molecule has 9 aromatic rings. The molecule has 6 aromatic carbocycles. The Morgan fingerprint density at radius 2 is 0.702 bits per heavy atom. The minimum Gasteiger partial charge on any atom is -0.457 e. The summed E-state index contributed by atoms with van der Waals surface area (Å²) >= 11 is 0. The van der Waals surface area contributed by atoms with E-state index in [0.717, 1.165) is 181 Å². The van der Waals surface area contributed by atoms with Gasteiger partial charge in [0, 0.05) is 48.9 Å². The molecule has 1 N–H and O–H groups in total. The highest BCUT2D eigenvalue weighted by molar-refractivity contribution is 5.87. The maximum Gasteiger partial charge on any atom is 0.175 e. The van der Waals surface area contributed by atoms with Crippen molar-refractivity contribution >= 4 is 57.7 Å². The van der Waals surface area contributed by atoms with Crippen molar-refractivity contribution in [2.45, 2.75) is 109 Å². The minimum atomic E-state index is -0.0508. The molecule has 0 spiro atoms. The first-order valence-corrected chi connectivity index (χ1v) is 36.1. The zero-order valence-corrected chi connectivity index (χ0v) is 62.3. The van der Waals surface area contributed by atoms with Gasteiger partial charge >= 0.3 is 0 Å². The number of ether oxygens (including phenoxy) is 7. The van der Waals surface area contributed by atoms with E-state index in [4.69, 9.17) is 62.5 Å². The predicted molar refractivity (Wildman–Crippen MR) is 403 cm³/mol. The fraction of sp³-hybridized carbons (Fsp3) is 0.475. The molecule has 5 saturated heterocycles. The molecule has 8 heterocycles. The zero-order chi connectivity index (χ0) is 70.7. The first-order valence-electron chi connectivity index (χ1n) is 36.1. The van der Waals surface area contributed by atoms with E-state index in [1.54, 1.807) is 36.4 Å². The van der Waals surface area contributed by atoms with Gasteiger partial charge in [-0.2, -0.15) is 15.8 Å². The molecular formula is C80H98Cl2N12O10. The summed E-state index contributed by atoms with van der Waals surface area (Å²) in [6.45, 7) is 13.3. The average molecular weight is 1460 g/mol. The molecule has 5 aliphatic rings. The monoisotopic (exact) mass is 1460 g/mol. The number of aryl methyl sites for hydroxylation is 3. The van der Waals surface area contributed by atoms with Crippen LogP contribution in [0.4, 0.5) is 0 Å². The van der Waals surface area contributed by atoms with Crippen molar-refractivity contribution in [3.63, 3.8) is 0 Å². The summed E-state index contributed by atoms with van der Waals surface area (Å²) in [6.07, 6.45) is 13.3. The molecule has 0 saturated carbocycles. The summed E-state index contributed by atoms with van der Waals surface area (Å²) in [6, 6.07) is 40.0. The lowest BCUT2D eigenvalue weighted by molar-refractivity contribution is -0.0663. The van der Waals surface area contributed by atoms with Crippen LogP contribution in [0.5, 0.6) is 34.5 Å². The molecular weight excluding hydrogens is 1360 g/mol. The quantitative estimate of drug-likeness (QED) is 0.0559. The van der Waals surface area contributed by atoms with Gasteiger partial charge in [0.1, 0.15) is 34.5 Å². The van der Waals surface area contributed by atoms with E-state index >= 15 is 0 Å². The van der Waals surface area contributed by atoms with Crippen LogP contribution in [0, 0.1) is 51.7 Å².